The summed E-state index contributed by atoms with van der Waals surface area (Å²) < 4.78 is 19.4. The normalized spacial score (nSPS) is 12.2. The lowest BCUT2D eigenvalue weighted by molar-refractivity contribution is 0.214. The summed E-state index contributed by atoms with van der Waals surface area (Å²) in [5.41, 5.74) is 1.43. The van der Waals surface area contributed by atoms with Gasteiger partial charge in [-0.2, -0.15) is 0 Å². The van der Waals surface area contributed by atoms with E-state index < -0.39 is 6.10 Å². The number of hydrogen-bond acceptors (Lipinski definition) is 2. The van der Waals surface area contributed by atoms with Crippen molar-refractivity contribution in [2.75, 3.05) is 6.61 Å². The second-order valence-electron chi connectivity index (χ2n) is 4.39. The predicted molar refractivity (Wildman–Crippen MR) is 72.8 cm³/mol. The van der Waals surface area contributed by atoms with Gasteiger partial charge in [-0.1, -0.05) is 30.3 Å². The Morgan fingerprint density at radius 1 is 1.21 bits per heavy atom. The average Bonchev–Trinajstić information content (AvgIpc) is 2.42. The van der Waals surface area contributed by atoms with Gasteiger partial charge in [0, 0.05) is 5.56 Å². The SMILES string of the molecule is CCOc1cccc(C(O)c2cccc(C)c2F)c1. The summed E-state index contributed by atoms with van der Waals surface area (Å²) in [6.07, 6.45) is -0.986. The van der Waals surface area contributed by atoms with Crippen molar-refractivity contribution >= 4 is 0 Å². The van der Waals surface area contributed by atoms with Crippen LogP contribution in [0, 0.1) is 12.7 Å². The molecule has 3 heteroatoms. The van der Waals surface area contributed by atoms with Crippen LogP contribution < -0.4 is 4.74 Å². The van der Waals surface area contributed by atoms with Gasteiger partial charge >= 0.3 is 0 Å². The lowest BCUT2D eigenvalue weighted by Gasteiger charge is -2.14. The van der Waals surface area contributed by atoms with Gasteiger partial charge in [0.25, 0.3) is 0 Å². The molecular weight excluding hydrogens is 243 g/mol. The molecule has 0 aliphatic rings. The van der Waals surface area contributed by atoms with E-state index in [0.29, 0.717) is 23.5 Å². The topological polar surface area (TPSA) is 29.5 Å². The van der Waals surface area contributed by atoms with Crippen molar-refractivity contribution in [1.29, 1.82) is 0 Å². The Morgan fingerprint density at radius 2 is 1.95 bits per heavy atom. The quantitative estimate of drug-likeness (QED) is 0.909. The van der Waals surface area contributed by atoms with Gasteiger partial charge in [-0.15, -0.1) is 0 Å². The number of rotatable bonds is 4. The van der Waals surface area contributed by atoms with E-state index in [1.807, 2.05) is 13.0 Å². The highest BCUT2D eigenvalue weighted by Crippen LogP contribution is 2.27. The fraction of sp³-hybridized carbons (Fsp3) is 0.250. The van der Waals surface area contributed by atoms with Crippen LogP contribution in [0.1, 0.15) is 29.7 Å². The molecule has 100 valence electrons. The van der Waals surface area contributed by atoms with Gasteiger partial charge in [0.15, 0.2) is 0 Å². The molecule has 0 heterocycles. The Kier molecular flexibility index (Phi) is 4.17. The molecule has 2 nitrogen and oxygen atoms in total. The highest BCUT2D eigenvalue weighted by Gasteiger charge is 2.16. The third-order valence-electron chi connectivity index (χ3n) is 3.00. The Morgan fingerprint density at radius 3 is 2.68 bits per heavy atom. The molecule has 0 fully saturated rings. The van der Waals surface area contributed by atoms with E-state index in [9.17, 15) is 9.50 Å². The van der Waals surface area contributed by atoms with Crippen molar-refractivity contribution in [2.45, 2.75) is 20.0 Å². The summed E-state index contributed by atoms with van der Waals surface area (Å²) in [4.78, 5) is 0. The molecule has 0 saturated carbocycles. The van der Waals surface area contributed by atoms with Crippen LogP contribution in [0.15, 0.2) is 42.5 Å². The maximum atomic E-state index is 14.0. The fourth-order valence-corrected chi connectivity index (χ4v) is 2.00. The van der Waals surface area contributed by atoms with Crippen LogP contribution >= 0.6 is 0 Å². The first-order chi connectivity index (χ1) is 9.13. The summed E-state index contributed by atoms with van der Waals surface area (Å²) in [7, 11) is 0. The van der Waals surface area contributed by atoms with Crippen molar-refractivity contribution in [1.82, 2.24) is 0 Å². The molecule has 0 aliphatic heterocycles. The fourth-order valence-electron chi connectivity index (χ4n) is 2.00. The van der Waals surface area contributed by atoms with Crippen LogP contribution in [0.4, 0.5) is 4.39 Å². The predicted octanol–water partition coefficient (Wildman–Crippen LogP) is 3.61. The molecule has 19 heavy (non-hydrogen) atoms. The molecule has 2 aromatic carbocycles. The molecule has 0 amide bonds. The molecule has 0 bridgehead atoms. The van der Waals surface area contributed by atoms with Crippen LogP contribution in [0.5, 0.6) is 5.75 Å². The molecule has 2 aromatic rings. The largest absolute Gasteiger partial charge is 0.494 e. The van der Waals surface area contributed by atoms with E-state index in [0.717, 1.165) is 0 Å². The van der Waals surface area contributed by atoms with Crippen molar-refractivity contribution in [2.24, 2.45) is 0 Å². The molecule has 0 aromatic heterocycles. The van der Waals surface area contributed by atoms with Crippen molar-refractivity contribution in [3.63, 3.8) is 0 Å². The Bertz CT molecular complexity index is 566. The second-order valence-corrected chi connectivity index (χ2v) is 4.39. The summed E-state index contributed by atoms with van der Waals surface area (Å²) in [6.45, 7) is 4.13. The molecule has 0 saturated heterocycles. The van der Waals surface area contributed by atoms with Gasteiger partial charge in [-0.05, 0) is 37.1 Å². The number of ether oxygens (including phenoxy) is 1. The number of hydrogen-bond donors (Lipinski definition) is 1. The highest BCUT2D eigenvalue weighted by molar-refractivity contribution is 5.37. The summed E-state index contributed by atoms with van der Waals surface area (Å²) in [5.74, 6) is 0.309. The minimum absolute atomic E-state index is 0.286. The van der Waals surface area contributed by atoms with Crippen LogP contribution in [-0.2, 0) is 0 Å². The van der Waals surface area contributed by atoms with Gasteiger partial charge in [-0.25, -0.2) is 4.39 Å². The maximum absolute atomic E-state index is 14.0. The van der Waals surface area contributed by atoms with E-state index >= 15 is 0 Å². The number of benzene rings is 2. The second kappa shape index (κ2) is 5.85. The van der Waals surface area contributed by atoms with Crippen LogP contribution in [0.25, 0.3) is 0 Å². The molecule has 1 atom stereocenters. The van der Waals surface area contributed by atoms with Crippen LogP contribution in [0.2, 0.25) is 0 Å². The summed E-state index contributed by atoms with van der Waals surface area (Å²) >= 11 is 0. The Labute approximate surface area is 112 Å². The minimum atomic E-state index is -0.986. The number of aliphatic hydroxyl groups excluding tert-OH is 1. The molecule has 0 spiro atoms. The third kappa shape index (κ3) is 2.93. The van der Waals surface area contributed by atoms with Gasteiger partial charge in [0.05, 0.1) is 6.61 Å². The first-order valence-electron chi connectivity index (χ1n) is 6.29. The molecule has 0 aliphatic carbocycles. The van der Waals surface area contributed by atoms with Crippen molar-refractivity contribution < 1.29 is 14.2 Å². The van der Waals surface area contributed by atoms with Crippen molar-refractivity contribution in [3.8, 4) is 5.75 Å². The zero-order valence-electron chi connectivity index (χ0n) is 11.1. The maximum Gasteiger partial charge on any atom is 0.132 e. The number of aryl methyl sites for hydroxylation is 1. The molecule has 0 radical (unpaired) electrons. The minimum Gasteiger partial charge on any atom is -0.494 e. The highest BCUT2D eigenvalue weighted by atomic mass is 19.1. The summed E-state index contributed by atoms with van der Waals surface area (Å²) in [6, 6.07) is 12.1. The molecule has 1 unspecified atom stereocenters. The number of aliphatic hydroxyl groups is 1. The lowest BCUT2D eigenvalue weighted by Crippen LogP contribution is -2.04. The zero-order chi connectivity index (χ0) is 13.8. The van der Waals surface area contributed by atoms with Gasteiger partial charge in [0.2, 0.25) is 0 Å². The Balaban J connectivity index is 2.35. The average molecular weight is 260 g/mol. The van der Waals surface area contributed by atoms with Crippen LogP contribution in [0.3, 0.4) is 0 Å². The van der Waals surface area contributed by atoms with E-state index in [1.165, 1.54) is 0 Å². The molecular formula is C16H17FO2. The number of halogens is 1. The smallest absolute Gasteiger partial charge is 0.132 e. The van der Waals surface area contributed by atoms with E-state index in [2.05, 4.69) is 0 Å². The summed E-state index contributed by atoms with van der Waals surface area (Å²) in [5, 5.41) is 10.3. The first kappa shape index (κ1) is 13.6. The lowest BCUT2D eigenvalue weighted by atomic mass is 9.99. The van der Waals surface area contributed by atoms with Gasteiger partial charge in [0.1, 0.15) is 17.7 Å². The van der Waals surface area contributed by atoms with E-state index in [-0.39, 0.29) is 11.4 Å². The molecule has 1 N–H and O–H groups in total. The van der Waals surface area contributed by atoms with Crippen LogP contribution in [-0.4, -0.2) is 11.7 Å². The van der Waals surface area contributed by atoms with Crippen molar-refractivity contribution in [3.05, 3.63) is 65.0 Å². The van der Waals surface area contributed by atoms with Gasteiger partial charge in [-0.3, -0.25) is 0 Å². The van der Waals surface area contributed by atoms with E-state index in [1.54, 1.807) is 43.3 Å². The Hall–Kier alpha value is -1.87. The molecule has 2 rings (SSSR count). The standard InChI is InChI=1S/C16H17FO2/c1-3-19-13-8-5-7-12(10-13)16(18)14-9-4-6-11(2)15(14)17/h4-10,16,18H,3H2,1-2H3. The zero-order valence-corrected chi connectivity index (χ0v) is 11.1. The van der Waals surface area contributed by atoms with Gasteiger partial charge < -0.3 is 9.84 Å². The van der Waals surface area contributed by atoms with E-state index in [4.69, 9.17) is 4.74 Å². The third-order valence-corrected chi connectivity index (χ3v) is 3.00. The monoisotopic (exact) mass is 260 g/mol. The first-order valence-corrected chi connectivity index (χ1v) is 6.29.